The summed E-state index contributed by atoms with van der Waals surface area (Å²) in [7, 11) is 0. The maximum atomic E-state index is 13.0. The minimum absolute atomic E-state index is 0.0410. The summed E-state index contributed by atoms with van der Waals surface area (Å²) in [6.07, 6.45) is 6.46. The lowest BCUT2D eigenvalue weighted by molar-refractivity contribution is 0.0698. The fraction of sp³-hybridized carbons (Fsp3) is 0.700. The van der Waals surface area contributed by atoms with Crippen molar-refractivity contribution >= 4 is 11.7 Å². The second-order valence-electron chi connectivity index (χ2n) is 7.70. The highest BCUT2D eigenvalue weighted by Gasteiger charge is 2.29. The number of carbonyl (C=O) groups excluding carboxylic acids is 2. The van der Waals surface area contributed by atoms with Crippen molar-refractivity contribution in [2.45, 2.75) is 65.3 Å². The van der Waals surface area contributed by atoms with Crippen LogP contribution in [-0.4, -0.2) is 47.3 Å². The van der Waals surface area contributed by atoms with Crippen molar-refractivity contribution in [3.05, 3.63) is 22.5 Å². The van der Waals surface area contributed by atoms with Crippen LogP contribution in [0.15, 0.2) is 0 Å². The standard InChI is InChI=1S/C20H31N3O2/c1-4-5-17-18(14(3)24)13(2)22-19(17)20(25)23-10-8-16(9-11-23)21-12-15-6-7-15/h15-16,21-22H,4-12H2,1-3H3. The minimum atomic E-state index is 0.0410. The molecule has 2 fully saturated rings. The zero-order valence-electron chi connectivity index (χ0n) is 15.8. The van der Waals surface area contributed by atoms with Gasteiger partial charge in [0.15, 0.2) is 5.78 Å². The molecule has 2 aliphatic rings. The first kappa shape index (κ1) is 18.2. The number of aromatic amines is 1. The summed E-state index contributed by atoms with van der Waals surface area (Å²) >= 11 is 0. The van der Waals surface area contributed by atoms with E-state index in [4.69, 9.17) is 0 Å². The molecule has 1 aliphatic carbocycles. The van der Waals surface area contributed by atoms with Crippen molar-refractivity contribution in [2.24, 2.45) is 5.92 Å². The molecule has 2 N–H and O–H groups in total. The fourth-order valence-corrected chi connectivity index (χ4v) is 3.94. The van der Waals surface area contributed by atoms with Gasteiger partial charge in [0.2, 0.25) is 0 Å². The number of H-pyrrole nitrogens is 1. The van der Waals surface area contributed by atoms with Crippen molar-refractivity contribution in [3.8, 4) is 0 Å². The number of nitrogens with one attached hydrogen (secondary N) is 2. The molecular formula is C20H31N3O2. The Morgan fingerprint density at radius 2 is 1.88 bits per heavy atom. The third-order valence-corrected chi connectivity index (χ3v) is 5.53. The van der Waals surface area contributed by atoms with Gasteiger partial charge in [-0.2, -0.15) is 0 Å². The van der Waals surface area contributed by atoms with Crippen LogP contribution in [0, 0.1) is 12.8 Å². The van der Waals surface area contributed by atoms with E-state index in [2.05, 4.69) is 17.2 Å². The van der Waals surface area contributed by atoms with Gasteiger partial charge in [-0.25, -0.2) is 0 Å². The first-order valence-corrected chi connectivity index (χ1v) is 9.76. The number of aryl methyl sites for hydroxylation is 1. The zero-order valence-corrected chi connectivity index (χ0v) is 15.8. The maximum Gasteiger partial charge on any atom is 0.270 e. The number of aromatic nitrogens is 1. The quantitative estimate of drug-likeness (QED) is 0.747. The Hall–Kier alpha value is -1.62. The second-order valence-corrected chi connectivity index (χ2v) is 7.70. The Morgan fingerprint density at radius 1 is 1.20 bits per heavy atom. The summed E-state index contributed by atoms with van der Waals surface area (Å²) in [5.41, 5.74) is 3.08. The zero-order chi connectivity index (χ0) is 18.0. The highest BCUT2D eigenvalue weighted by molar-refractivity contribution is 6.02. The Kier molecular flexibility index (Phi) is 5.62. The first-order valence-electron chi connectivity index (χ1n) is 9.76. The van der Waals surface area contributed by atoms with Gasteiger partial charge in [0.05, 0.1) is 0 Å². The van der Waals surface area contributed by atoms with Crippen LogP contribution < -0.4 is 5.32 Å². The second kappa shape index (κ2) is 7.73. The van der Waals surface area contributed by atoms with Crippen LogP contribution in [0.25, 0.3) is 0 Å². The average molecular weight is 345 g/mol. The highest BCUT2D eigenvalue weighted by atomic mass is 16.2. The molecule has 1 saturated carbocycles. The number of amides is 1. The predicted molar refractivity (Wildman–Crippen MR) is 99.2 cm³/mol. The molecule has 138 valence electrons. The van der Waals surface area contributed by atoms with E-state index in [0.717, 1.165) is 62.5 Å². The lowest BCUT2D eigenvalue weighted by atomic mass is 9.99. The van der Waals surface area contributed by atoms with Gasteiger partial charge in [0.25, 0.3) is 5.91 Å². The average Bonchev–Trinajstić information content (AvgIpc) is 3.36. The molecule has 1 saturated heterocycles. The Bertz CT molecular complexity index is 638. The molecule has 1 aromatic rings. The number of carbonyl (C=O) groups is 2. The number of hydrogen-bond acceptors (Lipinski definition) is 3. The minimum Gasteiger partial charge on any atom is -0.354 e. The van der Waals surface area contributed by atoms with Crippen molar-refractivity contribution in [2.75, 3.05) is 19.6 Å². The summed E-state index contributed by atoms with van der Waals surface area (Å²) < 4.78 is 0. The van der Waals surface area contributed by atoms with Crippen molar-refractivity contribution in [1.82, 2.24) is 15.2 Å². The van der Waals surface area contributed by atoms with E-state index in [-0.39, 0.29) is 11.7 Å². The largest absolute Gasteiger partial charge is 0.354 e. The van der Waals surface area contributed by atoms with E-state index >= 15 is 0 Å². The van der Waals surface area contributed by atoms with Crippen molar-refractivity contribution in [1.29, 1.82) is 0 Å². The molecular weight excluding hydrogens is 314 g/mol. The van der Waals surface area contributed by atoms with Gasteiger partial charge < -0.3 is 15.2 Å². The lowest BCUT2D eigenvalue weighted by Crippen LogP contribution is -2.45. The van der Waals surface area contributed by atoms with E-state index in [9.17, 15) is 9.59 Å². The molecule has 5 nitrogen and oxygen atoms in total. The van der Waals surface area contributed by atoms with Crippen LogP contribution in [0.3, 0.4) is 0 Å². The van der Waals surface area contributed by atoms with E-state index in [1.807, 2.05) is 11.8 Å². The fourth-order valence-electron chi connectivity index (χ4n) is 3.94. The molecule has 0 spiro atoms. The van der Waals surface area contributed by atoms with Crippen LogP contribution in [0.5, 0.6) is 0 Å². The number of Topliss-reactive ketones (excluding diaryl/α,β-unsaturated/α-hetero) is 1. The molecule has 0 atom stereocenters. The van der Waals surface area contributed by atoms with E-state index in [0.29, 0.717) is 17.3 Å². The molecule has 5 heteroatoms. The van der Waals surface area contributed by atoms with Crippen LogP contribution in [0.4, 0.5) is 0 Å². The number of rotatable bonds is 7. The van der Waals surface area contributed by atoms with E-state index in [1.54, 1.807) is 6.92 Å². The number of likely N-dealkylation sites (tertiary alicyclic amines) is 1. The molecule has 2 heterocycles. The van der Waals surface area contributed by atoms with Gasteiger partial charge >= 0.3 is 0 Å². The molecule has 1 amide bonds. The number of ketones is 1. The first-order chi connectivity index (χ1) is 12.0. The SMILES string of the molecule is CCCc1c(C(=O)N2CCC(NCC3CC3)CC2)[nH]c(C)c1C(C)=O. The summed E-state index contributed by atoms with van der Waals surface area (Å²) in [5, 5.41) is 3.65. The van der Waals surface area contributed by atoms with Crippen LogP contribution in [0.2, 0.25) is 0 Å². The predicted octanol–water partition coefficient (Wildman–Crippen LogP) is 3.08. The summed E-state index contributed by atoms with van der Waals surface area (Å²) in [5.74, 6) is 0.988. The Balaban J connectivity index is 1.66. The van der Waals surface area contributed by atoms with Gasteiger partial charge in [0, 0.05) is 30.4 Å². The monoisotopic (exact) mass is 345 g/mol. The highest BCUT2D eigenvalue weighted by Crippen LogP contribution is 2.28. The number of hydrogen-bond donors (Lipinski definition) is 2. The molecule has 0 radical (unpaired) electrons. The van der Waals surface area contributed by atoms with Gasteiger partial charge in [-0.1, -0.05) is 13.3 Å². The molecule has 25 heavy (non-hydrogen) atoms. The molecule has 3 rings (SSSR count). The molecule has 0 bridgehead atoms. The van der Waals surface area contributed by atoms with Gasteiger partial charge in [-0.05, 0) is 64.0 Å². The third kappa shape index (κ3) is 4.14. The summed E-state index contributed by atoms with van der Waals surface area (Å²) in [6, 6.07) is 0.540. The van der Waals surface area contributed by atoms with E-state index < -0.39 is 0 Å². The van der Waals surface area contributed by atoms with Gasteiger partial charge in [0.1, 0.15) is 5.69 Å². The third-order valence-electron chi connectivity index (χ3n) is 5.53. The van der Waals surface area contributed by atoms with Crippen molar-refractivity contribution < 1.29 is 9.59 Å². The Morgan fingerprint density at radius 3 is 2.44 bits per heavy atom. The Labute approximate surface area is 150 Å². The van der Waals surface area contributed by atoms with Crippen LogP contribution in [-0.2, 0) is 6.42 Å². The van der Waals surface area contributed by atoms with Crippen LogP contribution in [0.1, 0.15) is 78.1 Å². The number of nitrogens with zero attached hydrogens (tertiary/aromatic N) is 1. The molecule has 0 aromatic carbocycles. The molecule has 1 aromatic heterocycles. The summed E-state index contributed by atoms with van der Waals surface area (Å²) in [6.45, 7) is 8.27. The lowest BCUT2D eigenvalue weighted by Gasteiger charge is -2.32. The van der Waals surface area contributed by atoms with Gasteiger partial charge in [-0.15, -0.1) is 0 Å². The molecule has 0 unspecified atom stereocenters. The normalized spacial score (nSPS) is 18.6. The van der Waals surface area contributed by atoms with E-state index in [1.165, 1.54) is 12.8 Å². The topological polar surface area (TPSA) is 65.2 Å². The molecule has 1 aliphatic heterocycles. The maximum absolute atomic E-state index is 13.0. The smallest absolute Gasteiger partial charge is 0.270 e. The summed E-state index contributed by atoms with van der Waals surface area (Å²) in [4.78, 5) is 30.2. The van der Waals surface area contributed by atoms with Gasteiger partial charge in [-0.3, -0.25) is 9.59 Å². The number of piperidine rings is 1. The van der Waals surface area contributed by atoms with Crippen LogP contribution >= 0.6 is 0 Å². The van der Waals surface area contributed by atoms with Crippen molar-refractivity contribution in [3.63, 3.8) is 0 Å².